The Bertz CT molecular complexity index is 223. The van der Waals surface area contributed by atoms with Gasteiger partial charge in [-0.15, -0.1) is 0 Å². The number of hydrogen-bond donors (Lipinski definition) is 0. The molecule has 0 saturated heterocycles. The molecule has 1 heteroatoms. The van der Waals surface area contributed by atoms with E-state index in [1.165, 1.54) is 18.4 Å². The van der Waals surface area contributed by atoms with Crippen LogP contribution in [0.25, 0.3) is 0 Å². The van der Waals surface area contributed by atoms with Gasteiger partial charge in [0, 0.05) is 6.42 Å². The smallest absolute Gasteiger partial charge is 0.134 e. The highest BCUT2D eigenvalue weighted by molar-refractivity contribution is 5.79. The Labute approximate surface area is 74.2 Å². The van der Waals surface area contributed by atoms with Crippen LogP contribution in [0.5, 0.6) is 0 Å². The van der Waals surface area contributed by atoms with E-state index < -0.39 is 0 Å². The van der Waals surface area contributed by atoms with Crippen molar-refractivity contribution in [2.24, 2.45) is 0 Å². The zero-order chi connectivity index (χ0) is 8.97. The predicted octanol–water partition coefficient (Wildman–Crippen LogP) is 3.02. The molecule has 12 heavy (non-hydrogen) atoms. The maximum Gasteiger partial charge on any atom is 0.134 e. The lowest BCUT2D eigenvalue weighted by Gasteiger charge is -2.13. The van der Waals surface area contributed by atoms with Gasteiger partial charge in [0.05, 0.1) is 0 Å². The van der Waals surface area contributed by atoms with Gasteiger partial charge in [0.1, 0.15) is 5.78 Å². The van der Waals surface area contributed by atoms with Gasteiger partial charge in [-0.25, -0.2) is 0 Å². The summed E-state index contributed by atoms with van der Waals surface area (Å²) in [6, 6.07) is 0. The van der Waals surface area contributed by atoms with Crippen molar-refractivity contribution in [2.75, 3.05) is 0 Å². The van der Waals surface area contributed by atoms with Crippen LogP contribution in [0.4, 0.5) is 0 Å². The fourth-order valence-corrected chi connectivity index (χ4v) is 1.57. The average molecular weight is 164 g/mol. The lowest BCUT2D eigenvalue weighted by Crippen LogP contribution is -1.99. The van der Waals surface area contributed by atoms with Crippen molar-refractivity contribution in [1.29, 1.82) is 0 Å². The van der Waals surface area contributed by atoms with Crippen LogP contribution < -0.4 is 0 Å². The van der Waals surface area contributed by atoms with Crippen molar-refractivity contribution in [1.82, 2.24) is 0 Å². The molecule has 0 heterocycles. The Morgan fingerprint density at radius 2 is 2.33 bits per heavy atom. The monoisotopic (exact) mass is 164 g/mol. The third-order valence-electron chi connectivity index (χ3n) is 2.21. The molecule has 0 atom stereocenters. The second-order valence-corrected chi connectivity index (χ2v) is 3.46. The van der Waals surface area contributed by atoms with E-state index in [1.54, 1.807) is 6.92 Å². The van der Waals surface area contributed by atoms with Crippen LogP contribution in [-0.4, -0.2) is 5.78 Å². The topological polar surface area (TPSA) is 17.1 Å². The summed E-state index contributed by atoms with van der Waals surface area (Å²) in [7, 11) is 0. The molecule has 1 aliphatic rings. The highest BCUT2D eigenvalue weighted by atomic mass is 16.1. The lowest BCUT2D eigenvalue weighted by atomic mass is 9.92. The first kappa shape index (κ1) is 9.24. The van der Waals surface area contributed by atoms with Gasteiger partial charge in [-0.1, -0.05) is 12.7 Å². The SMILES string of the molecule is C=C(CC(C)=O)C1=CCCCC1. The first-order chi connectivity index (χ1) is 5.70. The van der Waals surface area contributed by atoms with Crippen molar-refractivity contribution in [3.63, 3.8) is 0 Å². The second kappa shape index (κ2) is 4.24. The Morgan fingerprint density at radius 3 is 2.83 bits per heavy atom. The molecular formula is C11H16O. The van der Waals surface area contributed by atoms with E-state index >= 15 is 0 Å². The minimum atomic E-state index is 0.214. The Hall–Kier alpha value is -0.850. The highest BCUT2D eigenvalue weighted by Gasteiger charge is 2.08. The zero-order valence-electron chi connectivity index (χ0n) is 7.73. The van der Waals surface area contributed by atoms with Gasteiger partial charge in [-0.3, -0.25) is 4.79 Å². The molecule has 1 rings (SSSR count). The van der Waals surface area contributed by atoms with Gasteiger partial charge in [-0.05, 0) is 43.8 Å². The number of rotatable bonds is 3. The Balaban J connectivity index is 2.51. The molecule has 0 radical (unpaired) electrons. The van der Waals surface area contributed by atoms with E-state index in [0.29, 0.717) is 6.42 Å². The van der Waals surface area contributed by atoms with Crippen LogP contribution in [0.1, 0.15) is 39.0 Å². The molecule has 0 fully saturated rings. The molecule has 66 valence electrons. The van der Waals surface area contributed by atoms with Crippen molar-refractivity contribution in [3.05, 3.63) is 23.8 Å². The van der Waals surface area contributed by atoms with Crippen molar-refractivity contribution in [2.45, 2.75) is 39.0 Å². The maximum atomic E-state index is 10.8. The molecule has 0 aromatic heterocycles. The number of ketones is 1. The summed E-state index contributed by atoms with van der Waals surface area (Å²) in [5.41, 5.74) is 2.35. The molecule has 0 amide bonds. The molecule has 0 bridgehead atoms. The third-order valence-corrected chi connectivity index (χ3v) is 2.21. The van der Waals surface area contributed by atoms with E-state index in [1.807, 2.05) is 0 Å². The van der Waals surface area contributed by atoms with Crippen LogP contribution in [0.15, 0.2) is 23.8 Å². The van der Waals surface area contributed by atoms with Gasteiger partial charge < -0.3 is 0 Å². The summed E-state index contributed by atoms with van der Waals surface area (Å²) in [6.45, 7) is 5.55. The molecule has 0 aliphatic heterocycles. The first-order valence-corrected chi connectivity index (χ1v) is 4.57. The van der Waals surface area contributed by atoms with Crippen LogP contribution in [-0.2, 0) is 4.79 Å². The van der Waals surface area contributed by atoms with E-state index in [0.717, 1.165) is 18.4 Å². The summed E-state index contributed by atoms with van der Waals surface area (Å²) in [4.78, 5) is 10.8. The van der Waals surface area contributed by atoms with E-state index in [-0.39, 0.29) is 5.78 Å². The van der Waals surface area contributed by atoms with Crippen molar-refractivity contribution in [3.8, 4) is 0 Å². The van der Waals surface area contributed by atoms with Gasteiger partial charge in [0.15, 0.2) is 0 Å². The maximum absolute atomic E-state index is 10.8. The van der Waals surface area contributed by atoms with Crippen LogP contribution >= 0.6 is 0 Å². The molecule has 1 nitrogen and oxygen atoms in total. The van der Waals surface area contributed by atoms with E-state index in [4.69, 9.17) is 0 Å². The minimum Gasteiger partial charge on any atom is -0.300 e. The first-order valence-electron chi connectivity index (χ1n) is 4.57. The summed E-state index contributed by atoms with van der Waals surface area (Å²) in [5, 5.41) is 0. The number of carbonyl (C=O) groups is 1. The zero-order valence-corrected chi connectivity index (χ0v) is 7.73. The molecule has 0 unspecified atom stereocenters. The Kier molecular flexibility index (Phi) is 3.27. The van der Waals surface area contributed by atoms with Gasteiger partial charge in [-0.2, -0.15) is 0 Å². The van der Waals surface area contributed by atoms with Crippen LogP contribution in [0, 0.1) is 0 Å². The van der Waals surface area contributed by atoms with Gasteiger partial charge in [0.25, 0.3) is 0 Å². The predicted molar refractivity (Wildman–Crippen MR) is 51.0 cm³/mol. The summed E-state index contributed by atoms with van der Waals surface area (Å²) in [6.07, 6.45) is 7.58. The largest absolute Gasteiger partial charge is 0.300 e. The third kappa shape index (κ3) is 2.65. The fourth-order valence-electron chi connectivity index (χ4n) is 1.57. The van der Waals surface area contributed by atoms with Gasteiger partial charge >= 0.3 is 0 Å². The summed E-state index contributed by atoms with van der Waals surface area (Å²) < 4.78 is 0. The van der Waals surface area contributed by atoms with E-state index in [9.17, 15) is 4.79 Å². The highest BCUT2D eigenvalue weighted by Crippen LogP contribution is 2.24. The quantitative estimate of drug-likeness (QED) is 0.626. The summed E-state index contributed by atoms with van der Waals surface area (Å²) in [5.74, 6) is 0.214. The molecule has 1 aliphatic carbocycles. The normalized spacial score (nSPS) is 16.9. The number of carbonyl (C=O) groups excluding carboxylic acids is 1. The fraction of sp³-hybridized carbons (Fsp3) is 0.545. The molecule has 0 N–H and O–H groups in total. The molecule has 0 aromatic carbocycles. The second-order valence-electron chi connectivity index (χ2n) is 3.46. The van der Waals surface area contributed by atoms with Gasteiger partial charge in [0.2, 0.25) is 0 Å². The average Bonchev–Trinajstić information content (AvgIpc) is 2.05. The summed E-state index contributed by atoms with van der Waals surface area (Å²) >= 11 is 0. The van der Waals surface area contributed by atoms with E-state index in [2.05, 4.69) is 12.7 Å². The van der Waals surface area contributed by atoms with Crippen LogP contribution in [0.3, 0.4) is 0 Å². The standard InChI is InChI=1S/C11H16O/c1-9(8-10(2)12)11-6-4-3-5-7-11/h6H,1,3-5,7-8H2,2H3. The molecular weight excluding hydrogens is 148 g/mol. The number of allylic oxidation sites excluding steroid dienone is 3. The van der Waals surface area contributed by atoms with Crippen LogP contribution in [0.2, 0.25) is 0 Å². The molecule has 0 spiro atoms. The number of Topliss-reactive ketones (excluding diaryl/α,β-unsaturated/α-hetero) is 1. The van der Waals surface area contributed by atoms with Crippen molar-refractivity contribution < 1.29 is 4.79 Å². The lowest BCUT2D eigenvalue weighted by molar-refractivity contribution is -0.116. The molecule has 0 saturated carbocycles. The van der Waals surface area contributed by atoms with Crippen molar-refractivity contribution >= 4 is 5.78 Å². The Morgan fingerprint density at radius 1 is 1.58 bits per heavy atom. The number of hydrogen-bond acceptors (Lipinski definition) is 1. The molecule has 0 aromatic rings. The minimum absolute atomic E-state index is 0.214.